The number of carbonyl (C=O) groups excluding carboxylic acids is 1. The van der Waals surface area contributed by atoms with E-state index in [-0.39, 0.29) is 11.8 Å². The fourth-order valence-corrected chi connectivity index (χ4v) is 3.35. The van der Waals surface area contributed by atoms with Crippen LogP contribution >= 0.6 is 11.8 Å². The van der Waals surface area contributed by atoms with Gasteiger partial charge in [0.2, 0.25) is 5.91 Å². The Balaban J connectivity index is 1.57. The van der Waals surface area contributed by atoms with E-state index < -0.39 is 0 Å². The molecule has 0 saturated carbocycles. The summed E-state index contributed by atoms with van der Waals surface area (Å²) in [5.41, 5.74) is 2.65. The third-order valence-corrected chi connectivity index (χ3v) is 5.05. The van der Waals surface area contributed by atoms with Crippen molar-refractivity contribution < 1.29 is 4.79 Å². The summed E-state index contributed by atoms with van der Waals surface area (Å²) in [5.74, 6) is 2.47. The van der Waals surface area contributed by atoms with E-state index in [1.807, 2.05) is 11.8 Å². The standard InChI is InChI=1S/C17H26N2OS/c1-14-3-5-15(6-4-14)13-21-12-9-18-17(20)16-7-10-19(2)11-8-16/h3-6,16H,7-13H2,1-2H3,(H,18,20). The maximum atomic E-state index is 12.0. The lowest BCUT2D eigenvalue weighted by molar-refractivity contribution is -0.126. The van der Waals surface area contributed by atoms with Crippen LogP contribution in [-0.2, 0) is 10.5 Å². The summed E-state index contributed by atoms with van der Waals surface area (Å²) in [6.45, 7) is 4.97. The number of rotatable bonds is 6. The Morgan fingerprint density at radius 3 is 2.62 bits per heavy atom. The summed E-state index contributed by atoms with van der Waals surface area (Å²) in [5, 5.41) is 3.08. The van der Waals surface area contributed by atoms with E-state index in [0.717, 1.165) is 44.0 Å². The van der Waals surface area contributed by atoms with Crippen molar-refractivity contribution in [2.24, 2.45) is 5.92 Å². The van der Waals surface area contributed by atoms with Gasteiger partial charge in [0.25, 0.3) is 0 Å². The fraction of sp³-hybridized carbons (Fsp3) is 0.588. The van der Waals surface area contributed by atoms with Crippen LogP contribution in [0.2, 0.25) is 0 Å². The number of benzene rings is 1. The minimum atomic E-state index is 0.225. The first kappa shape index (κ1) is 16.4. The first-order chi connectivity index (χ1) is 10.1. The molecule has 116 valence electrons. The van der Waals surface area contributed by atoms with Crippen LogP contribution in [0, 0.1) is 12.8 Å². The highest BCUT2D eigenvalue weighted by atomic mass is 32.2. The smallest absolute Gasteiger partial charge is 0.223 e. The van der Waals surface area contributed by atoms with E-state index in [0.29, 0.717) is 0 Å². The number of thioether (sulfide) groups is 1. The Kier molecular flexibility index (Phi) is 6.58. The van der Waals surface area contributed by atoms with Crippen molar-refractivity contribution in [3.8, 4) is 0 Å². The number of hydrogen-bond donors (Lipinski definition) is 1. The second-order valence-corrected chi connectivity index (χ2v) is 7.01. The normalized spacial score (nSPS) is 16.9. The number of amides is 1. The zero-order chi connectivity index (χ0) is 15.1. The topological polar surface area (TPSA) is 32.3 Å². The third kappa shape index (κ3) is 5.71. The van der Waals surface area contributed by atoms with Gasteiger partial charge in [-0.15, -0.1) is 0 Å². The zero-order valence-electron chi connectivity index (χ0n) is 13.1. The number of likely N-dealkylation sites (tertiary alicyclic amines) is 1. The minimum Gasteiger partial charge on any atom is -0.355 e. The molecular weight excluding hydrogens is 280 g/mol. The van der Waals surface area contributed by atoms with Crippen molar-refractivity contribution >= 4 is 17.7 Å². The van der Waals surface area contributed by atoms with Crippen molar-refractivity contribution in [2.45, 2.75) is 25.5 Å². The summed E-state index contributed by atoms with van der Waals surface area (Å²) in [7, 11) is 2.12. The number of carbonyl (C=O) groups is 1. The van der Waals surface area contributed by atoms with E-state index in [2.05, 4.69) is 48.5 Å². The lowest BCUT2D eigenvalue weighted by Crippen LogP contribution is -2.39. The van der Waals surface area contributed by atoms with Gasteiger partial charge in [-0.25, -0.2) is 0 Å². The molecule has 0 aromatic heterocycles. The predicted molar refractivity (Wildman–Crippen MR) is 90.6 cm³/mol. The number of hydrogen-bond acceptors (Lipinski definition) is 3. The maximum Gasteiger partial charge on any atom is 0.223 e. The van der Waals surface area contributed by atoms with Crippen LogP contribution in [0.4, 0.5) is 0 Å². The van der Waals surface area contributed by atoms with Crippen LogP contribution in [0.5, 0.6) is 0 Å². The Morgan fingerprint density at radius 1 is 1.29 bits per heavy atom. The van der Waals surface area contributed by atoms with Crippen molar-refractivity contribution in [3.05, 3.63) is 35.4 Å². The quantitative estimate of drug-likeness (QED) is 0.820. The van der Waals surface area contributed by atoms with Gasteiger partial charge < -0.3 is 10.2 Å². The molecule has 0 aliphatic carbocycles. The number of aryl methyl sites for hydroxylation is 1. The van der Waals surface area contributed by atoms with Crippen molar-refractivity contribution in [1.29, 1.82) is 0 Å². The number of nitrogens with zero attached hydrogens (tertiary/aromatic N) is 1. The highest BCUT2D eigenvalue weighted by Gasteiger charge is 2.22. The lowest BCUT2D eigenvalue weighted by Gasteiger charge is -2.28. The van der Waals surface area contributed by atoms with E-state index in [9.17, 15) is 4.79 Å². The average molecular weight is 306 g/mol. The summed E-state index contributed by atoms with van der Waals surface area (Å²) in [4.78, 5) is 14.3. The molecule has 1 N–H and O–H groups in total. The molecule has 4 heteroatoms. The van der Waals surface area contributed by atoms with E-state index >= 15 is 0 Å². The summed E-state index contributed by atoms with van der Waals surface area (Å²) in [6, 6.07) is 8.66. The summed E-state index contributed by atoms with van der Waals surface area (Å²) >= 11 is 1.88. The van der Waals surface area contributed by atoms with Crippen molar-refractivity contribution in [2.75, 3.05) is 32.4 Å². The SMILES string of the molecule is Cc1ccc(CSCCNC(=O)C2CCN(C)CC2)cc1. The van der Waals surface area contributed by atoms with Gasteiger partial charge in [-0.1, -0.05) is 29.8 Å². The summed E-state index contributed by atoms with van der Waals surface area (Å²) < 4.78 is 0. The monoisotopic (exact) mass is 306 g/mol. The molecule has 1 saturated heterocycles. The van der Waals surface area contributed by atoms with Crippen LogP contribution < -0.4 is 5.32 Å². The van der Waals surface area contributed by atoms with Crippen molar-refractivity contribution in [1.82, 2.24) is 10.2 Å². The Bertz CT molecular complexity index is 439. The highest BCUT2D eigenvalue weighted by Crippen LogP contribution is 2.16. The van der Waals surface area contributed by atoms with E-state index in [4.69, 9.17) is 0 Å². The molecule has 0 spiro atoms. The molecule has 1 aromatic carbocycles. The van der Waals surface area contributed by atoms with Gasteiger partial charge in [0.15, 0.2) is 0 Å². The van der Waals surface area contributed by atoms with Gasteiger partial charge in [-0.2, -0.15) is 11.8 Å². The molecule has 1 aliphatic rings. The first-order valence-electron chi connectivity index (χ1n) is 7.74. The molecule has 0 unspecified atom stereocenters. The van der Waals surface area contributed by atoms with Crippen LogP contribution in [0.1, 0.15) is 24.0 Å². The van der Waals surface area contributed by atoms with Gasteiger partial charge in [-0.05, 0) is 45.5 Å². The van der Waals surface area contributed by atoms with Gasteiger partial charge in [0.05, 0.1) is 0 Å². The molecule has 1 fully saturated rings. The second-order valence-electron chi connectivity index (χ2n) is 5.91. The van der Waals surface area contributed by atoms with Gasteiger partial charge >= 0.3 is 0 Å². The van der Waals surface area contributed by atoms with Crippen LogP contribution in [0.25, 0.3) is 0 Å². The molecule has 2 rings (SSSR count). The molecule has 0 bridgehead atoms. The lowest BCUT2D eigenvalue weighted by atomic mass is 9.96. The molecule has 0 atom stereocenters. The van der Waals surface area contributed by atoms with Crippen LogP contribution in [0.3, 0.4) is 0 Å². The molecule has 0 radical (unpaired) electrons. The average Bonchev–Trinajstić information content (AvgIpc) is 2.49. The maximum absolute atomic E-state index is 12.0. The largest absolute Gasteiger partial charge is 0.355 e. The Labute approximate surface area is 132 Å². The van der Waals surface area contributed by atoms with Gasteiger partial charge in [0, 0.05) is 24.0 Å². The molecule has 1 aromatic rings. The van der Waals surface area contributed by atoms with Crippen molar-refractivity contribution in [3.63, 3.8) is 0 Å². The predicted octanol–water partition coefficient (Wildman–Crippen LogP) is 2.69. The number of nitrogens with one attached hydrogen (secondary N) is 1. The number of piperidine rings is 1. The van der Waals surface area contributed by atoms with E-state index in [1.54, 1.807) is 0 Å². The molecule has 21 heavy (non-hydrogen) atoms. The molecule has 3 nitrogen and oxygen atoms in total. The molecule has 1 heterocycles. The first-order valence-corrected chi connectivity index (χ1v) is 8.90. The Morgan fingerprint density at radius 2 is 1.95 bits per heavy atom. The zero-order valence-corrected chi connectivity index (χ0v) is 13.9. The molecule has 1 amide bonds. The van der Waals surface area contributed by atoms with Crippen LogP contribution in [-0.4, -0.2) is 43.2 Å². The fourth-order valence-electron chi connectivity index (χ4n) is 2.54. The van der Waals surface area contributed by atoms with Crippen LogP contribution in [0.15, 0.2) is 24.3 Å². The molecular formula is C17H26N2OS. The van der Waals surface area contributed by atoms with Gasteiger partial charge in [-0.3, -0.25) is 4.79 Å². The highest BCUT2D eigenvalue weighted by molar-refractivity contribution is 7.98. The van der Waals surface area contributed by atoms with E-state index in [1.165, 1.54) is 11.1 Å². The van der Waals surface area contributed by atoms with Gasteiger partial charge in [0.1, 0.15) is 0 Å². The molecule has 1 aliphatic heterocycles. The Hall–Kier alpha value is -1.00. The second kappa shape index (κ2) is 8.44. The third-order valence-electron chi connectivity index (χ3n) is 4.02. The summed E-state index contributed by atoms with van der Waals surface area (Å²) in [6.07, 6.45) is 2.00. The minimum absolute atomic E-state index is 0.225.